The molecule has 0 saturated carbocycles. The van der Waals surface area contributed by atoms with E-state index in [1.165, 1.54) is 11.3 Å². The minimum absolute atomic E-state index is 0.150. The molecule has 0 aliphatic carbocycles. The van der Waals surface area contributed by atoms with Gasteiger partial charge in [-0.25, -0.2) is 9.97 Å². The van der Waals surface area contributed by atoms with Crippen molar-refractivity contribution in [3.05, 3.63) is 36.3 Å². The smallest absolute Gasteiger partial charge is 0.236 e. The Kier molecular flexibility index (Phi) is 4.56. The number of hydrogen-bond acceptors (Lipinski definition) is 6. The summed E-state index contributed by atoms with van der Waals surface area (Å²) in [6, 6.07) is 9.37. The molecule has 0 fully saturated rings. The van der Waals surface area contributed by atoms with Gasteiger partial charge in [-0.3, -0.25) is 0 Å². The number of fused-ring (bicyclic) bond motifs is 1. The Bertz CT molecular complexity index is 807. The van der Waals surface area contributed by atoms with E-state index < -0.39 is 5.95 Å². The number of nitrogens with zero attached hydrogens (tertiary/aromatic N) is 2. The average molecular weight is 334 g/mol. The monoisotopic (exact) mass is 334 g/mol. The largest absolute Gasteiger partial charge is 0.396 e. The highest BCUT2D eigenvalue weighted by Gasteiger charge is 2.11. The molecule has 7 heteroatoms. The van der Waals surface area contributed by atoms with Crippen molar-refractivity contribution in [2.24, 2.45) is 0 Å². The SMILES string of the molecule is CNc1ccc(-c2nc3ccc(SCCO)cc3s2)nc1[18F]. The summed E-state index contributed by atoms with van der Waals surface area (Å²) in [5.74, 6) is 0.133. The zero-order valence-electron chi connectivity index (χ0n) is 11.8. The van der Waals surface area contributed by atoms with Gasteiger partial charge >= 0.3 is 0 Å². The molecule has 1 aromatic carbocycles. The second-order valence-electron chi connectivity index (χ2n) is 4.51. The van der Waals surface area contributed by atoms with Crippen molar-refractivity contribution in [2.45, 2.75) is 4.90 Å². The molecule has 0 amide bonds. The number of nitrogens with one attached hydrogen (secondary N) is 1. The summed E-state index contributed by atoms with van der Waals surface area (Å²) < 4.78 is 14.8. The first-order chi connectivity index (χ1) is 10.7. The summed E-state index contributed by atoms with van der Waals surface area (Å²) in [7, 11) is 1.66. The van der Waals surface area contributed by atoms with E-state index in [0.717, 1.165) is 15.1 Å². The second kappa shape index (κ2) is 6.60. The van der Waals surface area contributed by atoms with Gasteiger partial charge < -0.3 is 10.4 Å². The van der Waals surface area contributed by atoms with Gasteiger partial charge in [-0.1, -0.05) is 0 Å². The van der Waals surface area contributed by atoms with Crippen LogP contribution in [0.3, 0.4) is 0 Å². The normalized spacial score (nSPS) is 11.0. The van der Waals surface area contributed by atoms with Gasteiger partial charge in [-0.2, -0.15) is 4.39 Å². The van der Waals surface area contributed by atoms with Gasteiger partial charge in [0, 0.05) is 17.7 Å². The van der Waals surface area contributed by atoms with Gasteiger partial charge in [0.15, 0.2) is 0 Å². The molecule has 0 unspecified atom stereocenters. The first kappa shape index (κ1) is 15.2. The van der Waals surface area contributed by atoms with E-state index in [1.807, 2.05) is 18.2 Å². The summed E-state index contributed by atoms with van der Waals surface area (Å²) in [5, 5.41) is 12.3. The second-order valence-corrected chi connectivity index (χ2v) is 6.70. The van der Waals surface area contributed by atoms with E-state index in [4.69, 9.17) is 5.11 Å². The van der Waals surface area contributed by atoms with Crippen LogP contribution < -0.4 is 5.32 Å². The third-order valence-corrected chi connectivity index (χ3v) is 5.07. The molecule has 22 heavy (non-hydrogen) atoms. The van der Waals surface area contributed by atoms with E-state index in [2.05, 4.69) is 15.3 Å². The Labute approximate surface area is 135 Å². The molecule has 0 atom stereocenters. The molecule has 3 aromatic rings. The van der Waals surface area contributed by atoms with Gasteiger partial charge in [0.1, 0.15) is 10.7 Å². The molecule has 2 N–H and O–H groups in total. The van der Waals surface area contributed by atoms with E-state index in [9.17, 15) is 4.39 Å². The Morgan fingerprint density at radius 3 is 2.86 bits per heavy atom. The van der Waals surface area contributed by atoms with Crippen molar-refractivity contribution in [3.8, 4) is 10.7 Å². The molecule has 0 spiro atoms. The molecular weight excluding hydrogens is 320 g/mol. The molecule has 0 aliphatic rings. The van der Waals surface area contributed by atoms with Crippen LogP contribution in [0.1, 0.15) is 0 Å². The molecular formula is C15H14FN3OS2. The number of hydrogen-bond donors (Lipinski definition) is 2. The molecule has 2 heterocycles. The number of rotatable bonds is 5. The van der Waals surface area contributed by atoms with Crippen LogP contribution in [-0.2, 0) is 0 Å². The van der Waals surface area contributed by atoms with E-state index in [-0.39, 0.29) is 6.61 Å². The van der Waals surface area contributed by atoms with Gasteiger partial charge in [0.05, 0.1) is 22.5 Å². The van der Waals surface area contributed by atoms with Crippen LogP contribution >= 0.6 is 23.1 Å². The van der Waals surface area contributed by atoms with Crippen molar-refractivity contribution >= 4 is 39.0 Å². The summed E-state index contributed by atoms with van der Waals surface area (Å²) >= 11 is 3.08. The molecule has 114 valence electrons. The Hall–Kier alpha value is -1.70. The minimum Gasteiger partial charge on any atom is -0.396 e. The highest BCUT2D eigenvalue weighted by atomic mass is 32.2. The number of pyridine rings is 1. The van der Waals surface area contributed by atoms with Gasteiger partial charge in [0.2, 0.25) is 5.95 Å². The highest BCUT2D eigenvalue weighted by molar-refractivity contribution is 7.99. The summed E-state index contributed by atoms with van der Waals surface area (Å²) in [5.41, 5.74) is 1.77. The summed E-state index contributed by atoms with van der Waals surface area (Å²) in [4.78, 5) is 9.56. The molecule has 4 nitrogen and oxygen atoms in total. The van der Waals surface area contributed by atoms with Crippen LogP contribution in [0.2, 0.25) is 0 Å². The van der Waals surface area contributed by atoms with E-state index >= 15 is 0 Å². The maximum atomic E-state index is 13.8. The number of anilines is 1. The topological polar surface area (TPSA) is 58.0 Å². The van der Waals surface area contributed by atoms with E-state index in [1.54, 1.807) is 30.9 Å². The molecule has 0 bridgehead atoms. The lowest BCUT2D eigenvalue weighted by Gasteiger charge is -2.01. The number of aliphatic hydroxyl groups is 1. The van der Waals surface area contributed by atoms with Crippen molar-refractivity contribution in [3.63, 3.8) is 0 Å². The fourth-order valence-corrected chi connectivity index (χ4v) is 3.75. The Balaban J connectivity index is 1.96. The van der Waals surface area contributed by atoms with Crippen LogP contribution in [0.5, 0.6) is 0 Å². The van der Waals surface area contributed by atoms with Crippen molar-refractivity contribution in [1.29, 1.82) is 0 Å². The quantitative estimate of drug-likeness (QED) is 0.551. The zero-order chi connectivity index (χ0) is 15.5. The Morgan fingerprint density at radius 2 is 2.14 bits per heavy atom. The number of halogens is 1. The third-order valence-electron chi connectivity index (χ3n) is 3.06. The fraction of sp³-hybridized carbons (Fsp3) is 0.200. The van der Waals surface area contributed by atoms with Crippen LogP contribution in [-0.4, -0.2) is 34.5 Å². The summed E-state index contributed by atoms with van der Waals surface area (Å²) in [6.07, 6.45) is 0. The number of aromatic nitrogens is 2. The molecule has 3 rings (SSSR count). The minimum atomic E-state index is -0.529. The van der Waals surface area contributed by atoms with Gasteiger partial charge in [-0.15, -0.1) is 23.1 Å². The lowest BCUT2D eigenvalue weighted by atomic mass is 10.3. The van der Waals surface area contributed by atoms with Crippen molar-refractivity contribution in [1.82, 2.24) is 9.97 Å². The molecule has 0 radical (unpaired) electrons. The molecule has 0 aliphatic heterocycles. The van der Waals surface area contributed by atoms with Crippen LogP contribution in [0.15, 0.2) is 35.2 Å². The number of aliphatic hydroxyl groups excluding tert-OH is 1. The standard InChI is InChI=1S/C15H14FN3OS2/c1-17-11-4-5-12(18-14(11)16)15-19-10-3-2-9(21-7-6-20)8-13(10)22-15/h2-5,8,17,20H,6-7H2,1H3/i16-1. The lowest BCUT2D eigenvalue weighted by molar-refractivity contribution is 0.322. The van der Waals surface area contributed by atoms with Crippen molar-refractivity contribution in [2.75, 3.05) is 24.7 Å². The Morgan fingerprint density at radius 1 is 1.27 bits per heavy atom. The first-order valence-corrected chi connectivity index (χ1v) is 8.50. The predicted octanol–water partition coefficient (Wildman–Crippen LogP) is 3.62. The maximum absolute atomic E-state index is 13.8. The van der Waals surface area contributed by atoms with Crippen LogP contribution in [0.25, 0.3) is 20.9 Å². The summed E-state index contributed by atoms with van der Waals surface area (Å²) in [6.45, 7) is 0.150. The number of benzene rings is 1. The fourth-order valence-electron chi connectivity index (χ4n) is 2.01. The van der Waals surface area contributed by atoms with Crippen LogP contribution in [0.4, 0.5) is 10.1 Å². The highest BCUT2D eigenvalue weighted by Crippen LogP contribution is 2.32. The third kappa shape index (κ3) is 3.06. The maximum Gasteiger partial charge on any atom is 0.236 e. The van der Waals surface area contributed by atoms with Crippen molar-refractivity contribution < 1.29 is 9.50 Å². The number of thioether (sulfide) groups is 1. The zero-order valence-corrected chi connectivity index (χ0v) is 13.5. The number of thiazole rings is 1. The molecule has 0 saturated heterocycles. The predicted molar refractivity (Wildman–Crippen MR) is 90.2 cm³/mol. The lowest BCUT2D eigenvalue weighted by Crippen LogP contribution is -1.96. The van der Waals surface area contributed by atoms with Gasteiger partial charge in [-0.05, 0) is 30.3 Å². The first-order valence-electron chi connectivity index (χ1n) is 6.70. The van der Waals surface area contributed by atoms with E-state index in [0.29, 0.717) is 22.1 Å². The average Bonchev–Trinajstić information content (AvgIpc) is 2.96. The van der Waals surface area contributed by atoms with Crippen LogP contribution in [0, 0.1) is 5.95 Å². The molecule has 2 aromatic heterocycles. The van der Waals surface area contributed by atoms with Gasteiger partial charge in [0.25, 0.3) is 0 Å².